The summed E-state index contributed by atoms with van der Waals surface area (Å²) in [5.74, 6) is 0.463. The molecule has 1 aliphatic heterocycles. The van der Waals surface area contributed by atoms with E-state index in [0.29, 0.717) is 6.54 Å². The van der Waals surface area contributed by atoms with Gasteiger partial charge in [0.05, 0.1) is 12.2 Å². The number of carbonyl (C=O) groups is 1. The minimum atomic E-state index is 0.224. The highest BCUT2D eigenvalue weighted by Crippen LogP contribution is 2.24. The molecule has 0 unspecified atom stereocenters. The summed E-state index contributed by atoms with van der Waals surface area (Å²) in [6, 6.07) is 8.49. The van der Waals surface area contributed by atoms with Crippen molar-refractivity contribution in [3.63, 3.8) is 0 Å². The van der Waals surface area contributed by atoms with E-state index < -0.39 is 0 Å². The van der Waals surface area contributed by atoms with Crippen LogP contribution in [-0.2, 0) is 22.6 Å². The molecule has 1 amide bonds. The fraction of sp³-hybridized carbons (Fsp3) is 0.667. The molecule has 4 nitrogen and oxygen atoms in total. The molecule has 0 spiro atoms. The van der Waals surface area contributed by atoms with Crippen molar-refractivity contribution in [2.75, 3.05) is 13.1 Å². The van der Waals surface area contributed by atoms with Crippen LogP contribution >= 0.6 is 0 Å². The van der Waals surface area contributed by atoms with Crippen LogP contribution in [0.15, 0.2) is 24.3 Å². The summed E-state index contributed by atoms with van der Waals surface area (Å²) in [5.41, 5.74) is 2.55. The standard InChI is InChI=1S/C21H32N2O2/c1-16-13-23(14-17(2)25-16)15-20-11-7-6-10-19(20)12-22-21(24)18-8-4-3-5-9-18/h6-7,10-11,16-18H,3-5,8-9,12-15H2,1-2H3,(H,22,24)/t16-,17-/m0/s1. The lowest BCUT2D eigenvalue weighted by Gasteiger charge is -2.35. The maximum Gasteiger partial charge on any atom is 0.223 e. The van der Waals surface area contributed by atoms with E-state index in [9.17, 15) is 4.79 Å². The zero-order chi connectivity index (χ0) is 17.6. The maximum atomic E-state index is 12.4. The Morgan fingerprint density at radius 3 is 2.40 bits per heavy atom. The lowest BCUT2D eigenvalue weighted by Crippen LogP contribution is -2.45. The van der Waals surface area contributed by atoms with Crippen molar-refractivity contribution in [2.45, 2.75) is 71.2 Å². The molecule has 2 fully saturated rings. The molecule has 138 valence electrons. The first kappa shape index (κ1) is 18.4. The molecule has 0 radical (unpaired) electrons. The Bertz CT molecular complexity index is 559. The van der Waals surface area contributed by atoms with Gasteiger partial charge >= 0.3 is 0 Å². The molecule has 0 aromatic heterocycles. The molecule has 2 atom stereocenters. The molecular formula is C21H32N2O2. The van der Waals surface area contributed by atoms with Crippen molar-refractivity contribution in [1.82, 2.24) is 10.2 Å². The molecule has 1 saturated carbocycles. The van der Waals surface area contributed by atoms with Crippen molar-refractivity contribution in [1.29, 1.82) is 0 Å². The summed E-state index contributed by atoms with van der Waals surface area (Å²) in [4.78, 5) is 14.9. The second kappa shape index (κ2) is 8.81. The van der Waals surface area contributed by atoms with Gasteiger partial charge in [-0.3, -0.25) is 9.69 Å². The average molecular weight is 344 g/mol. The highest BCUT2D eigenvalue weighted by molar-refractivity contribution is 5.78. The zero-order valence-corrected chi connectivity index (χ0v) is 15.7. The average Bonchev–Trinajstić information content (AvgIpc) is 2.60. The smallest absolute Gasteiger partial charge is 0.223 e. The van der Waals surface area contributed by atoms with Gasteiger partial charge in [0.15, 0.2) is 0 Å². The first-order valence-electron chi connectivity index (χ1n) is 9.84. The third-order valence-corrected chi connectivity index (χ3v) is 5.44. The van der Waals surface area contributed by atoms with Crippen molar-refractivity contribution >= 4 is 5.91 Å². The van der Waals surface area contributed by atoms with Gasteiger partial charge in [-0.15, -0.1) is 0 Å². The van der Waals surface area contributed by atoms with E-state index in [1.165, 1.54) is 30.4 Å². The second-order valence-corrected chi connectivity index (χ2v) is 7.77. The predicted octanol–water partition coefficient (Wildman–Crippen LogP) is 3.49. The highest BCUT2D eigenvalue weighted by atomic mass is 16.5. The lowest BCUT2D eigenvalue weighted by atomic mass is 9.88. The van der Waals surface area contributed by atoms with Crippen molar-refractivity contribution < 1.29 is 9.53 Å². The van der Waals surface area contributed by atoms with Crippen molar-refractivity contribution in [3.05, 3.63) is 35.4 Å². The van der Waals surface area contributed by atoms with Gasteiger partial charge in [0, 0.05) is 32.1 Å². The summed E-state index contributed by atoms with van der Waals surface area (Å²) in [7, 11) is 0. The van der Waals surface area contributed by atoms with Gasteiger partial charge in [0.1, 0.15) is 0 Å². The van der Waals surface area contributed by atoms with E-state index in [1.54, 1.807) is 0 Å². The van der Waals surface area contributed by atoms with Gasteiger partial charge in [0.2, 0.25) is 5.91 Å². The molecule has 1 aromatic carbocycles. The Kier molecular flexibility index (Phi) is 6.49. The fourth-order valence-electron chi connectivity index (χ4n) is 4.23. The van der Waals surface area contributed by atoms with Crippen molar-refractivity contribution in [2.24, 2.45) is 5.92 Å². The summed E-state index contributed by atoms with van der Waals surface area (Å²) < 4.78 is 5.83. The van der Waals surface area contributed by atoms with E-state index in [1.807, 2.05) is 0 Å². The Hall–Kier alpha value is -1.39. The molecule has 1 aliphatic carbocycles. The predicted molar refractivity (Wildman–Crippen MR) is 100 cm³/mol. The highest BCUT2D eigenvalue weighted by Gasteiger charge is 2.23. The van der Waals surface area contributed by atoms with Crippen LogP contribution in [-0.4, -0.2) is 36.1 Å². The van der Waals surface area contributed by atoms with Gasteiger partial charge in [-0.25, -0.2) is 0 Å². The van der Waals surface area contributed by atoms with Crippen LogP contribution in [0.5, 0.6) is 0 Å². The van der Waals surface area contributed by atoms with Gasteiger partial charge in [-0.2, -0.15) is 0 Å². The van der Waals surface area contributed by atoms with Crippen LogP contribution in [0, 0.1) is 5.92 Å². The number of rotatable bonds is 5. The van der Waals surface area contributed by atoms with Crippen LogP contribution in [0.3, 0.4) is 0 Å². The molecule has 2 aliphatic rings. The van der Waals surface area contributed by atoms with E-state index in [0.717, 1.165) is 32.5 Å². The topological polar surface area (TPSA) is 41.6 Å². The summed E-state index contributed by atoms with van der Waals surface area (Å²) in [6.45, 7) is 7.77. The Balaban J connectivity index is 1.57. The van der Waals surface area contributed by atoms with E-state index in [2.05, 4.69) is 48.3 Å². The quantitative estimate of drug-likeness (QED) is 0.889. The molecule has 1 heterocycles. The van der Waals surface area contributed by atoms with Crippen LogP contribution in [0.2, 0.25) is 0 Å². The van der Waals surface area contributed by atoms with E-state index >= 15 is 0 Å². The summed E-state index contributed by atoms with van der Waals surface area (Å²) >= 11 is 0. The molecule has 3 rings (SSSR count). The third kappa shape index (κ3) is 5.29. The van der Waals surface area contributed by atoms with E-state index in [4.69, 9.17) is 4.74 Å². The number of hydrogen-bond donors (Lipinski definition) is 1. The number of nitrogens with one attached hydrogen (secondary N) is 1. The van der Waals surface area contributed by atoms with Gasteiger partial charge < -0.3 is 10.1 Å². The summed E-state index contributed by atoms with van der Waals surface area (Å²) in [5, 5.41) is 3.18. The molecule has 0 bridgehead atoms. The largest absolute Gasteiger partial charge is 0.373 e. The molecule has 4 heteroatoms. The minimum absolute atomic E-state index is 0.224. The van der Waals surface area contributed by atoms with Gasteiger partial charge in [-0.1, -0.05) is 43.5 Å². The molecule has 25 heavy (non-hydrogen) atoms. The Labute approximate surface area is 151 Å². The van der Waals surface area contributed by atoms with Crippen LogP contribution in [0.4, 0.5) is 0 Å². The lowest BCUT2D eigenvalue weighted by molar-refractivity contribution is -0.126. The van der Waals surface area contributed by atoms with Crippen molar-refractivity contribution in [3.8, 4) is 0 Å². The molecule has 1 aromatic rings. The first-order valence-corrected chi connectivity index (χ1v) is 9.84. The number of nitrogens with zero attached hydrogens (tertiary/aromatic N) is 1. The number of benzene rings is 1. The fourth-order valence-corrected chi connectivity index (χ4v) is 4.23. The second-order valence-electron chi connectivity index (χ2n) is 7.77. The molecule has 1 N–H and O–H groups in total. The minimum Gasteiger partial charge on any atom is -0.373 e. The van der Waals surface area contributed by atoms with Crippen LogP contribution < -0.4 is 5.32 Å². The normalized spacial score (nSPS) is 25.7. The third-order valence-electron chi connectivity index (χ3n) is 5.44. The first-order chi connectivity index (χ1) is 12.1. The number of amides is 1. The number of hydrogen-bond acceptors (Lipinski definition) is 3. The van der Waals surface area contributed by atoms with Crippen LogP contribution in [0.1, 0.15) is 57.1 Å². The van der Waals surface area contributed by atoms with Crippen LogP contribution in [0.25, 0.3) is 0 Å². The molecule has 1 saturated heterocycles. The SMILES string of the molecule is C[C@H]1CN(Cc2ccccc2CNC(=O)C2CCCCC2)C[C@H](C)O1. The maximum absolute atomic E-state index is 12.4. The number of carbonyl (C=O) groups excluding carboxylic acids is 1. The Morgan fingerprint density at radius 1 is 1.08 bits per heavy atom. The van der Waals surface area contributed by atoms with E-state index in [-0.39, 0.29) is 24.0 Å². The summed E-state index contributed by atoms with van der Waals surface area (Å²) in [6.07, 6.45) is 6.34. The number of morpholine rings is 1. The zero-order valence-electron chi connectivity index (χ0n) is 15.7. The number of ether oxygens (including phenoxy) is 1. The van der Waals surface area contributed by atoms with Gasteiger partial charge in [-0.05, 0) is 37.8 Å². The van der Waals surface area contributed by atoms with Gasteiger partial charge in [0.25, 0.3) is 0 Å². The Morgan fingerprint density at radius 2 is 1.72 bits per heavy atom. The monoisotopic (exact) mass is 344 g/mol. The molecular weight excluding hydrogens is 312 g/mol.